The molecule has 22 heavy (non-hydrogen) atoms. The summed E-state index contributed by atoms with van der Waals surface area (Å²) in [5, 5.41) is 8.67. The van der Waals surface area contributed by atoms with E-state index in [4.69, 9.17) is 5.26 Å². The molecule has 0 unspecified atom stereocenters. The van der Waals surface area contributed by atoms with Crippen LogP contribution in [0.1, 0.15) is 27.0 Å². The van der Waals surface area contributed by atoms with Crippen molar-refractivity contribution in [3.63, 3.8) is 0 Å². The zero-order valence-corrected chi connectivity index (χ0v) is 11.3. The van der Waals surface area contributed by atoms with Crippen LogP contribution >= 0.6 is 0 Å². The molecule has 2 nitrogen and oxygen atoms in total. The van der Waals surface area contributed by atoms with Crippen molar-refractivity contribution in [3.8, 4) is 6.07 Å². The molecule has 5 heteroatoms. The molecule has 2 aromatic rings. The first-order valence-corrected chi connectivity index (χ1v) is 6.30. The lowest BCUT2D eigenvalue weighted by Crippen LogP contribution is -2.06. The lowest BCUT2D eigenvalue weighted by Gasteiger charge is -2.07. The van der Waals surface area contributed by atoms with E-state index in [0.29, 0.717) is 11.1 Å². The van der Waals surface area contributed by atoms with Crippen LogP contribution in [0.15, 0.2) is 54.6 Å². The summed E-state index contributed by atoms with van der Waals surface area (Å²) in [4.78, 5) is 11.9. The number of allylic oxidation sites excluding steroid dienone is 1. The van der Waals surface area contributed by atoms with Gasteiger partial charge in [0.05, 0.1) is 17.2 Å². The number of hydrogen-bond acceptors (Lipinski definition) is 2. The predicted octanol–water partition coefficient (Wildman–Crippen LogP) is 4.47. The Morgan fingerprint density at radius 3 is 2.36 bits per heavy atom. The van der Waals surface area contributed by atoms with Crippen molar-refractivity contribution in [1.82, 2.24) is 0 Å². The number of nitriles is 1. The lowest BCUT2D eigenvalue weighted by molar-refractivity contribution is -0.137. The van der Waals surface area contributed by atoms with Gasteiger partial charge in [0.15, 0.2) is 5.78 Å². The summed E-state index contributed by atoms with van der Waals surface area (Å²) in [6, 6.07) is 12.7. The molecule has 0 aliphatic rings. The molecule has 0 saturated heterocycles. The lowest BCUT2D eigenvalue weighted by atomic mass is 10.1. The average molecular weight is 301 g/mol. The smallest absolute Gasteiger partial charge is 0.289 e. The van der Waals surface area contributed by atoms with Gasteiger partial charge in [-0.05, 0) is 35.9 Å². The van der Waals surface area contributed by atoms with E-state index in [1.54, 1.807) is 24.3 Å². The van der Waals surface area contributed by atoms with E-state index in [-0.39, 0.29) is 5.56 Å². The maximum atomic E-state index is 12.6. The minimum Gasteiger partial charge on any atom is -0.289 e. The van der Waals surface area contributed by atoms with Crippen molar-refractivity contribution in [2.45, 2.75) is 6.18 Å². The molecule has 0 atom stereocenters. The Hall–Kier alpha value is -2.87. The van der Waals surface area contributed by atoms with E-state index in [1.165, 1.54) is 24.3 Å². The molecular weight excluding hydrogens is 291 g/mol. The first kappa shape index (κ1) is 15.5. The quantitative estimate of drug-likeness (QED) is 0.620. The van der Waals surface area contributed by atoms with Crippen LogP contribution in [0.3, 0.4) is 0 Å². The van der Waals surface area contributed by atoms with Gasteiger partial charge in [-0.2, -0.15) is 18.4 Å². The molecule has 0 spiro atoms. The van der Waals surface area contributed by atoms with Crippen molar-refractivity contribution >= 4 is 11.9 Å². The van der Waals surface area contributed by atoms with Crippen molar-refractivity contribution in [1.29, 1.82) is 5.26 Å². The summed E-state index contributed by atoms with van der Waals surface area (Å²) in [6.45, 7) is 0. The molecule has 0 aliphatic heterocycles. The van der Waals surface area contributed by atoms with Crippen molar-refractivity contribution in [3.05, 3.63) is 76.9 Å². The maximum Gasteiger partial charge on any atom is 0.416 e. The van der Waals surface area contributed by atoms with E-state index in [2.05, 4.69) is 0 Å². The van der Waals surface area contributed by atoms with Gasteiger partial charge in [0.2, 0.25) is 0 Å². The standard InChI is InChI=1S/C17H10F3NO/c18-17(19,20)15-3-1-2-14(10-15)16(22)9-8-12-4-6-13(11-21)7-5-12/h1-10H/b9-8+. The van der Waals surface area contributed by atoms with Crippen LogP contribution in [0.25, 0.3) is 6.08 Å². The van der Waals surface area contributed by atoms with Gasteiger partial charge in [-0.1, -0.05) is 30.3 Å². The van der Waals surface area contributed by atoms with Crippen LogP contribution in [-0.2, 0) is 6.18 Å². The second kappa shape index (κ2) is 6.27. The Bertz CT molecular complexity index is 753. The highest BCUT2D eigenvalue weighted by molar-refractivity contribution is 6.06. The SMILES string of the molecule is N#Cc1ccc(/C=C/C(=O)c2cccc(C(F)(F)F)c2)cc1. The molecule has 0 radical (unpaired) electrons. The van der Waals surface area contributed by atoms with E-state index in [1.807, 2.05) is 6.07 Å². The van der Waals surface area contributed by atoms with Crippen molar-refractivity contribution in [2.24, 2.45) is 0 Å². The maximum absolute atomic E-state index is 12.6. The highest BCUT2D eigenvalue weighted by atomic mass is 19.4. The summed E-state index contributed by atoms with van der Waals surface area (Å²) in [5.74, 6) is -0.518. The first-order valence-electron chi connectivity index (χ1n) is 6.30. The third-order valence-electron chi connectivity index (χ3n) is 2.94. The summed E-state index contributed by atoms with van der Waals surface area (Å²) < 4.78 is 37.8. The Kier molecular flexibility index (Phi) is 4.42. The molecule has 0 aromatic heterocycles. The fraction of sp³-hybridized carbons (Fsp3) is 0.0588. The van der Waals surface area contributed by atoms with Crippen LogP contribution in [0.4, 0.5) is 13.2 Å². The average Bonchev–Trinajstić information content (AvgIpc) is 2.52. The Morgan fingerprint density at radius 1 is 1.09 bits per heavy atom. The second-order valence-electron chi connectivity index (χ2n) is 4.51. The minimum atomic E-state index is -4.48. The van der Waals surface area contributed by atoms with Gasteiger partial charge in [0.25, 0.3) is 0 Å². The Balaban J connectivity index is 2.18. The number of hydrogen-bond donors (Lipinski definition) is 0. The second-order valence-corrected chi connectivity index (χ2v) is 4.51. The van der Waals surface area contributed by atoms with E-state index < -0.39 is 17.5 Å². The van der Waals surface area contributed by atoms with Gasteiger partial charge >= 0.3 is 6.18 Å². The van der Waals surface area contributed by atoms with Gasteiger partial charge in [-0.3, -0.25) is 4.79 Å². The molecule has 0 fully saturated rings. The van der Waals surface area contributed by atoms with E-state index in [0.717, 1.165) is 12.1 Å². The molecule has 0 bridgehead atoms. The Morgan fingerprint density at radius 2 is 1.77 bits per heavy atom. The van der Waals surface area contributed by atoms with Crippen LogP contribution in [-0.4, -0.2) is 5.78 Å². The molecule has 0 saturated carbocycles. The molecule has 0 aliphatic carbocycles. The number of alkyl halides is 3. The third kappa shape index (κ3) is 3.83. The van der Waals surface area contributed by atoms with Crippen molar-refractivity contribution in [2.75, 3.05) is 0 Å². The van der Waals surface area contributed by atoms with Crippen LogP contribution in [0.2, 0.25) is 0 Å². The van der Waals surface area contributed by atoms with Gasteiger partial charge in [0.1, 0.15) is 0 Å². The molecule has 2 aromatic carbocycles. The van der Waals surface area contributed by atoms with Gasteiger partial charge in [-0.15, -0.1) is 0 Å². The number of benzene rings is 2. The van der Waals surface area contributed by atoms with Gasteiger partial charge in [-0.25, -0.2) is 0 Å². The number of nitrogens with zero attached hydrogens (tertiary/aromatic N) is 1. The first-order chi connectivity index (χ1) is 10.4. The number of rotatable bonds is 3. The predicted molar refractivity (Wildman–Crippen MR) is 76.0 cm³/mol. The molecular formula is C17H10F3NO. The number of halogens is 3. The van der Waals surface area contributed by atoms with E-state index in [9.17, 15) is 18.0 Å². The highest BCUT2D eigenvalue weighted by Gasteiger charge is 2.30. The summed E-state index contributed by atoms with van der Waals surface area (Å²) in [5.41, 5.74) is 0.283. The number of carbonyl (C=O) groups is 1. The Labute approximate surface area is 125 Å². The zero-order valence-electron chi connectivity index (χ0n) is 11.3. The van der Waals surface area contributed by atoms with Gasteiger partial charge in [0, 0.05) is 5.56 Å². The topological polar surface area (TPSA) is 40.9 Å². The molecule has 110 valence electrons. The van der Waals surface area contributed by atoms with Gasteiger partial charge < -0.3 is 0 Å². The fourth-order valence-corrected chi connectivity index (χ4v) is 1.79. The largest absolute Gasteiger partial charge is 0.416 e. The molecule has 0 amide bonds. The van der Waals surface area contributed by atoms with Crippen molar-refractivity contribution < 1.29 is 18.0 Å². The van der Waals surface area contributed by atoms with Crippen LogP contribution < -0.4 is 0 Å². The zero-order chi connectivity index (χ0) is 16.2. The highest BCUT2D eigenvalue weighted by Crippen LogP contribution is 2.29. The monoisotopic (exact) mass is 301 g/mol. The molecule has 0 heterocycles. The minimum absolute atomic E-state index is 0.0280. The normalized spacial score (nSPS) is 11.4. The molecule has 2 rings (SSSR count). The van der Waals surface area contributed by atoms with E-state index >= 15 is 0 Å². The van der Waals surface area contributed by atoms with Crippen LogP contribution in [0.5, 0.6) is 0 Å². The summed E-state index contributed by atoms with van der Waals surface area (Å²) >= 11 is 0. The molecule has 0 N–H and O–H groups in total. The summed E-state index contributed by atoms with van der Waals surface area (Å²) in [6.07, 6.45) is -1.78. The fourth-order valence-electron chi connectivity index (χ4n) is 1.79. The third-order valence-corrected chi connectivity index (χ3v) is 2.94. The number of carbonyl (C=O) groups excluding carboxylic acids is 1. The van der Waals surface area contributed by atoms with Crippen LogP contribution in [0, 0.1) is 11.3 Å². The summed E-state index contributed by atoms with van der Waals surface area (Å²) in [7, 11) is 0. The number of ketones is 1.